The van der Waals surface area contributed by atoms with Gasteiger partial charge in [-0.15, -0.1) is 0 Å². The Hall–Kier alpha value is -0.0700. The molecule has 0 bridgehead atoms. The molecule has 2 heterocycles. The highest BCUT2D eigenvalue weighted by atomic mass is 79.9. The van der Waals surface area contributed by atoms with Gasteiger partial charge in [0.25, 0.3) is 9.05 Å². The predicted octanol–water partition coefficient (Wildman–Crippen LogP) is 1.52. The molecule has 0 saturated heterocycles. The summed E-state index contributed by atoms with van der Waals surface area (Å²) >= 11 is 3.08. The van der Waals surface area contributed by atoms with E-state index in [-0.39, 0.29) is 5.03 Å². The van der Waals surface area contributed by atoms with Gasteiger partial charge in [-0.3, -0.25) is 0 Å². The summed E-state index contributed by atoms with van der Waals surface area (Å²) in [7, 11) is 1.58. The Morgan fingerprint density at radius 3 is 2.85 bits per heavy atom. The third-order valence-corrected chi connectivity index (χ3v) is 4.10. The minimum atomic E-state index is -3.69. The molecule has 1 aliphatic heterocycles. The van der Waals surface area contributed by atoms with Gasteiger partial charge in [0, 0.05) is 23.6 Å². The minimum Gasteiger partial charge on any atom is -0.317 e. The summed E-state index contributed by atoms with van der Waals surface area (Å²) in [6, 6.07) is 0. The standard InChI is InChI=1S/C6H6BrClN2O2S/c7-5-6(13(8,11)12)10-3-1-2-4(10)9-5/h1-3H2. The maximum Gasteiger partial charge on any atom is 0.279 e. The Kier molecular flexibility index (Phi) is 2.16. The fourth-order valence-corrected chi connectivity index (χ4v) is 4.01. The van der Waals surface area contributed by atoms with E-state index >= 15 is 0 Å². The lowest BCUT2D eigenvalue weighted by atomic mass is 10.4. The van der Waals surface area contributed by atoms with E-state index < -0.39 is 9.05 Å². The summed E-state index contributed by atoms with van der Waals surface area (Å²) in [5.41, 5.74) is 0. The largest absolute Gasteiger partial charge is 0.317 e. The van der Waals surface area contributed by atoms with Crippen LogP contribution in [0.2, 0.25) is 0 Å². The molecule has 0 spiro atoms. The molecule has 0 saturated carbocycles. The lowest BCUT2D eigenvalue weighted by molar-refractivity contribution is 0.590. The molecule has 72 valence electrons. The van der Waals surface area contributed by atoms with Gasteiger partial charge in [0.15, 0.2) is 5.03 Å². The number of aromatic nitrogens is 2. The minimum absolute atomic E-state index is 0.0849. The van der Waals surface area contributed by atoms with Gasteiger partial charge in [-0.25, -0.2) is 13.4 Å². The normalized spacial score (nSPS) is 16.2. The fourth-order valence-electron chi connectivity index (χ4n) is 1.50. The highest BCUT2D eigenvalue weighted by Gasteiger charge is 2.27. The summed E-state index contributed by atoms with van der Waals surface area (Å²) in [4.78, 5) is 4.07. The lowest BCUT2D eigenvalue weighted by Crippen LogP contribution is -2.02. The van der Waals surface area contributed by atoms with E-state index in [9.17, 15) is 8.42 Å². The van der Waals surface area contributed by atoms with Crippen LogP contribution in [0.5, 0.6) is 0 Å². The zero-order chi connectivity index (χ0) is 9.64. The van der Waals surface area contributed by atoms with E-state index in [1.54, 1.807) is 4.57 Å². The molecule has 0 unspecified atom stereocenters. The molecule has 0 radical (unpaired) electrons. The second-order valence-electron chi connectivity index (χ2n) is 2.82. The van der Waals surface area contributed by atoms with Crippen molar-refractivity contribution >= 4 is 35.7 Å². The highest BCUT2D eigenvalue weighted by Crippen LogP contribution is 2.29. The number of halogens is 2. The Morgan fingerprint density at radius 1 is 1.54 bits per heavy atom. The molecule has 0 amide bonds. The van der Waals surface area contributed by atoms with Crippen LogP contribution in [0.25, 0.3) is 0 Å². The topological polar surface area (TPSA) is 52.0 Å². The van der Waals surface area contributed by atoms with Crippen molar-refractivity contribution in [2.45, 2.75) is 24.4 Å². The van der Waals surface area contributed by atoms with E-state index in [0.29, 0.717) is 11.1 Å². The molecule has 1 aromatic heterocycles. The number of rotatable bonds is 1. The van der Waals surface area contributed by atoms with Crippen LogP contribution in [0, 0.1) is 0 Å². The highest BCUT2D eigenvalue weighted by molar-refractivity contribution is 9.10. The molecule has 7 heteroatoms. The van der Waals surface area contributed by atoms with Crippen LogP contribution in [-0.4, -0.2) is 18.0 Å². The predicted molar refractivity (Wildman–Crippen MR) is 51.3 cm³/mol. The zero-order valence-electron chi connectivity index (χ0n) is 6.50. The SMILES string of the molecule is O=S(=O)(Cl)c1c(Br)nc2n1CCC2. The van der Waals surface area contributed by atoms with Crippen LogP contribution >= 0.6 is 26.6 Å². The van der Waals surface area contributed by atoms with Gasteiger partial charge in [0.2, 0.25) is 0 Å². The second-order valence-corrected chi connectivity index (χ2v) is 6.05. The van der Waals surface area contributed by atoms with E-state index in [4.69, 9.17) is 10.7 Å². The van der Waals surface area contributed by atoms with E-state index in [2.05, 4.69) is 20.9 Å². The lowest BCUT2D eigenvalue weighted by Gasteiger charge is -1.99. The van der Waals surface area contributed by atoms with Crippen molar-refractivity contribution in [3.05, 3.63) is 10.4 Å². The van der Waals surface area contributed by atoms with Crippen molar-refractivity contribution in [2.75, 3.05) is 0 Å². The molecular formula is C6H6BrClN2O2S. The van der Waals surface area contributed by atoms with Crippen LogP contribution in [0.3, 0.4) is 0 Å². The van der Waals surface area contributed by atoms with Crippen molar-refractivity contribution in [3.8, 4) is 0 Å². The van der Waals surface area contributed by atoms with Gasteiger partial charge in [-0.2, -0.15) is 0 Å². The summed E-state index contributed by atoms with van der Waals surface area (Å²) < 4.78 is 24.3. The zero-order valence-corrected chi connectivity index (χ0v) is 9.65. The molecule has 13 heavy (non-hydrogen) atoms. The van der Waals surface area contributed by atoms with Crippen molar-refractivity contribution in [1.82, 2.24) is 9.55 Å². The average Bonchev–Trinajstić information content (AvgIpc) is 2.41. The van der Waals surface area contributed by atoms with Gasteiger partial charge < -0.3 is 4.57 Å². The van der Waals surface area contributed by atoms with E-state index in [1.807, 2.05) is 0 Å². The number of aryl methyl sites for hydroxylation is 1. The first-order chi connectivity index (χ1) is 6.00. The quantitative estimate of drug-likeness (QED) is 0.735. The fraction of sp³-hybridized carbons (Fsp3) is 0.500. The number of nitrogens with zero attached hydrogens (tertiary/aromatic N) is 2. The number of fused-ring (bicyclic) bond motifs is 1. The Balaban J connectivity index is 2.70. The summed E-state index contributed by atoms with van der Waals surface area (Å²) in [6.07, 6.45) is 1.74. The van der Waals surface area contributed by atoms with Crippen LogP contribution in [-0.2, 0) is 22.0 Å². The van der Waals surface area contributed by atoms with Crippen molar-refractivity contribution in [2.24, 2.45) is 0 Å². The van der Waals surface area contributed by atoms with Crippen LogP contribution in [0.15, 0.2) is 9.63 Å². The van der Waals surface area contributed by atoms with Gasteiger partial charge in [0.05, 0.1) is 0 Å². The van der Waals surface area contributed by atoms with Gasteiger partial charge in [-0.05, 0) is 22.4 Å². The Bertz CT molecular complexity index is 453. The maximum atomic E-state index is 11.1. The van der Waals surface area contributed by atoms with Gasteiger partial charge in [0.1, 0.15) is 10.4 Å². The first-order valence-electron chi connectivity index (χ1n) is 3.69. The van der Waals surface area contributed by atoms with E-state index in [1.165, 1.54) is 0 Å². The molecule has 1 aliphatic rings. The Labute approximate surface area is 88.5 Å². The number of hydrogen-bond acceptors (Lipinski definition) is 3. The molecule has 0 fully saturated rings. The summed E-state index contributed by atoms with van der Waals surface area (Å²) in [5.74, 6) is 0.783. The number of imidazole rings is 1. The first kappa shape index (κ1) is 9.48. The third kappa shape index (κ3) is 1.51. The molecule has 1 aromatic rings. The van der Waals surface area contributed by atoms with Crippen molar-refractivity contribution in [3.63, 3.8) is 0 Å². The molecule has 0 aromatic carbocycles. The van der Waals surface area contributed by atoms with Gasteiger partial charge in [-0.1, -0.05) is 0 Å². The maximum absolute atomic E-state index is 11.1. The van der Waals surface area contributed by atoms with E-state index in [0.717, 1.165) is 18.7 Å². The molecule has 4 nitrogen and oxygen atoms in total. The van der Waals surface area contributed by atoms with Crippen LogP contribution < -0.4 is 0 Å². The third-order valence-electron chi connectivity index (χ3n) is 1.97. The summed E-state index contributed by atoms with van der Waals surface area (Å²) in [6.45, 7) is 0.676. The summed E-state index contributed by atoms with van der Waals surface area (Å²) in [5, 5.41) is 0.0849. The Morgan fingerprint density at radius 2 is 2.23 bits per heavy atom. The second kappa shape index (κ2) is 2.96. The molecule has 2 rings (SSSR count). The van der Waals surface area contributed by atoms with Crippen molar-refractivity contribution in [1.29, 1.82) is 0 Å². The van der Waals surface area contributed by atoms with Crippen molar-refractivity contribution < 1.29 is 8.42 Å². The average molecular weight is 286 g/mol. The monoisotopic (exact) mass is 284 g/mol. The number of hydrogen-bond donors (Lipinski definition) is 0. The smallest absolute Gasteiger partial charge is 0.279 e. The van der Waals surface area contributed by atoms with Gasteiger partial charge >= 0.3 is 0 Å². The van der Waals surface area contributed by atoms with Crippen LogP contribution in [0.1, 0.15) is 12.2 Å². The molecule has 0 atom stereocenters. The van der Waals surface area contributed by atoms with Crippen LogP contribution in [0.4, 0.5) is 0 Å². The first-order valence-corrected chi connectivity index (χ1v) is 6.80. The molecular weight excluding hydrogens is 280 g/mol. The molecule has 0 aliphatic carbocycles. The molecule has 0 N–H and O–H groups in total.